The highest BCUT2D eigenvalue weighted by Crippen LogP contribution is 2.24. The Hall–Kier alpha value is -0.630. The maximum Gasteiger partial charge on any atom is 0.240 e. The standard InChI is InChI=1S/C13H19BrN2O3S/c1-19-12-6-11(14)7-13(8-12)20(17,18)16-5-3-10-2-4-15-9-10/h6-8,10,15-16H,2-5,9H2,1H3. The van der Waals surface area contributed by atoms with Crippen LogP contribution in [0, 0.1) is 5.92 Å². The fourth-order valence-electron chi connectivity index (χ4n) is 2.25. The van der Waals surface area contributed by atoms with Gasteiger partial charge in [-0.3, -0.25) is 0 Å². The first kappa shape index (κ1) is 15.8. The zero-order chi connectivity index (χ0) is 14.6. The summed E-state index contributed by atoms with van der Waals surface area (Å²) in [6.07, 6.45) is 1.98. The number of benzene rings is 1. The summed E-state index contributed by atoms with van der Waals surface area (Å²) < 4.78 is 32.9. The number of halogens is 1. The van der Waals surface area contributed by atoms with Crippen LogP contribution in [0.25, 0.3) is 0 Å². The van der Waals surface area contributed by atoms with Gasteiger partial charge in [0.2, 0.25) is 10.0 Å². The average Bonchev–Trinajstić information content (AvgIpc) is 2.91. The summed E-state index contributed by atoms with van der Waals surface area (Å²) in [6, 6.07) is 4.81. The van der Waals surface area contributed by atoms with E-state index >= 15 is 0 Å². The molecule has 1 aromatic rings. The molecule has 1 unspecified atom stereocenters. The molecule has 2 N–H and O–H groups in total. The molecule has 0 saturated carbocycles. The lowest BCUT2D eigenvalue weighted by molar-refractivity contribution is 0.413. The number of nitrogens with one attached hydrogen (secondary N) is 2. The molecule has 1 heterocycles. The molecule has 0 radical (unpaired) electrons. The molecule has 0 amide bonds. The van der Waals surface area contributed by atoms with Crippen molar-refractivity contribution in [3.05, 3.63) is 22.7 Å². The average molecular weight is 363 g/mol. The second-order valence-electron chi connectivity index (χ2n) is 4.87. The number of sulfonamides is 1. The van der Waals surface area contributed by atoms with Gasteiger partial charge in [0.1, 0.15) is 5.75 Å². The van der Waals surface area contributed by atoms with Crippen molar-refractivity contribution in [2.24, 2.45) is 5.92 Å². The molecule has 112 valence electrons. The summed E-state index contributed by atoms with van der Waals surface area (Å²) in [4.78, 5) is 0.216. The first-order valence-electron chi connectivity index (χ1n) is 6.56. The Bertz CT molecular complexity index is 557. The lowest BCUT2D eigenvalue weighted by atomic mass is 10.1. The summed E-state index contributed by atoms with van der Waals surface area (Å²) in [6.45, 7) is 2.47. The van der Waals surface area contributed by atoms with E-state index in [1.807, 2.05) is 0 Å². The molecule has 2 rings (SSSR count). The van der Waals surface area contributed by atoms with Crippen LogP contribution in [-0.2, 0) is 10.0 Å². The van der Waals surface area contributed by atoms with Gasteiger partial charge in [-0.1, -0.05) is 15.9 Å². The van der Waals surface area contributed by atoms with Crippen molar-refractivity contribution in [2.75, 3.05) is 26.7 Å². The van der Waals surface area contributed by atoms with Gasteiger partial charge in [0.25, 0.3) is 0 Å². The molecule has 1 aliphatic rings. The first-order chi connectivity index (χ1) is 9.51. The number of rotatable bonds is 6. The Kier molecular flexibility index (Phi) is 5.42. The molecule has 1 fully saturated rings. The van der Waals surface area contributed by atoms with E-state index in [0.29, 0.717) is 22.7 Å². The summed E-state index contributed by atoms with van der Waals surface area (Å²) in [7, 11) is -1.97. The molecule has 0 aliphatic carbocycles. The van der Waals surface area contributed by atoms with Gasteiger partial charge in [-0.15, -0.1) is 0 Å². The molecule has 0 bridgehead atoms. The van der Waals surface area contributed by atoms with Gasteiger partial charge < -0.3 is 10.1 Å². The molecule has 1 atom stereocenters. The Morgan fingerprint density at radius 2 is 2.25 bits per heavy atom. The maximum absolute atomic E-state index is 12.2. The van der Waals surface area contributed by atoms with E-state index in [0.717, 1.165) is 25.9 Å². The van der Waals surface area contributed by atoms with Crippen LogP contribution in [0.2, 0.25) is 0 Å². The zero-order valence-corrected chi connectivity index (χ0v) is 13.8. The van der Waals surface area contributed by atoms with E-state index in [9.17, 15) is 8.42 Å². The van der Waals surface area contributed by atoms with Crippen LogP contribution in [0.15, 0.2) is 27.6 Å². The zero-order valence-electron chi connectivity index (χ0n) is 11.4. The van der Waals surface area contributed by atoms with Crippen LogP contribution < -0.4 is 14.8 Å². The van der Waals surface area contributed by atoms with E-state index in [2.05, 4.69) is 26.0 Å². The third-order valence-electron chi connectivity index (χ3n) is 3.40. The number of hydrogen-bond donors (Lipinski definition) is 2. The first-order valence-corrected chi connectivity index (χ1v) is 8.84. The second-order valence-corrected chi connectivity index (χ2v) is 7.55. The van der Waals surface area contributed by atoms with Crippen molar-refractivity contribution in [2.45, 2.75) is 17.7 Å². The summed E-state index contributed by atoms with van der Waals surface area (Å²) in [5.74, 6) is 1.08. The summed E-state index contributed by atoms with van der Waals surface area (Å²) in [5.41, 5.74) is 0. The van der Waals surface area contributed by atoms with E-state index in [1.54, 1.807) is 12.1 Å². The Morgan fingerprint density at radius 3 is 2.90 bits per heavy atom. The summed E-state index contributed by atoms with van der Waals surface area (Å²) >= 11 is 3.29. The van der Waals surface area contributed by atoms with Crippen LogP contribution in [0.1, 0.15) is 12.8 Å². The van der Waals surface area contributed by atoms with Crippen LogP contribution in [-0.4, -0.2) is 35.2 Å². The Balaban J connectivity index is 2.00. The highest BCUT2D eigenvalue weighted by atomic mass is 79.9. The maximum atomic E-state index is 12.2. The van der Waals surface area contributed by atoms with Crippen LogP contribution >= 0.6 is 15.9 Å². The van der Waals surface area contributed by atoms with Gasteiger partial charge >= 0.3 is 0 Å². The summed E-state index contributed by atoms with van der Waals surface area (Å²) in [5, 5.41) is 3.27. The van der Waals surface area contributed by atoms with Crippen molar-refractivity contribution in [3.63, 3.8) is 0 Å². The number of hydrogen-bond acceptors (Lipinski definition) is 4. The quantitative estimate of drug-likeness (QED) is 0.808. The lowest BCUT2D eigenvalue weighted by Crippen LogP contribution is -2.26. The molecule has 0 spiro atoms. The van der Waals surface area contributed by atoms with Crippen molar-refractivity contribution in [1.29, 1.82) is 0 Å². The monoisotopic (exact) mass is 362 g/mol. The van der Waals surface area contributed by atoms with Crippen molar-refractivity contribution >= 4 is 26.0 Å². The van der Waals surface area contributed by atoms with Gasteiger partial charge in [0.15, 0.2) is 0 Å². The highest BCUT2D eigenvalue weighted by molar-refractivity contribution is 9.10. The van der Waals surface area contributed by atoms with E-state index < -0.39 is 10.0 Å². The minimum atomic E-state index is -3.49. The van der Waals surface area contributed by atoms with Gasteiger partial charge in [-0.05, 0) is 44.0 Å². The molecular weight excluding hydrogens is 344 g/mol. The molecular formula is C13H19BrN2O3S. The second kappa shape index (κ2) is 6.89. The van der Waals surface area contributed by atoms with Crippen LogP contribution in [0.3, 0.4) is 0 Å². The predicted molar refractivity (Wildman–Crippen MR) is 81.5 cm³/mol. The van der Waals surface area contributed by atoms with Gasteiger partial charge in [-0.25, -0.2) is 13.1 Å². The fourth-order valence-corrected chi connectivity index (χ4v) is 3.98. The molecule has 0 aromatic heterocycles. The molecule has 1 aliphatic heterocycles. The minimum absolute atomic E-state index is 0.216. The molecule has 1 saturated heterocycles. The largest absolute Gasteiger partial charge is 0.497 e. The molecule has 5 nitrogen and oxygen atoms in total. The Morgan fingerprint density at radius 1 is 1.45 bits per heavy atom. The van der Waals surface area contributed by atoms with Crippen molar-refractivity contribution < 1.29 is 13.2 Å². The van der Waals surface area contributed by atoms with Crippen LogP contribution in [0.5, 0.6) is 5.75 Å². The number of methoxy groups -OCH3 is 1. The highest BCUT2D eigenvalue weighted by Gasteiger charge is 2.18. The fraction of sp³-hybridized carbons (Fsp3) is 0.538. The topological polar surface area (TPSA) is 67.4 Å². The van der Waals surface area contributed by atoms with E-state index in [4.69, 9.17) is 4.74 Å². The lowest BCUT2D eigenvalue weighted by Gasteiger charge is -2.11. The van der Waals surface area contributed by atoms with E-state index in [1.165, 1.54) is 13.2 Å². The smallest absolute Gasteiger partial charge is 0.240 e. The van der Waals surface area contributed by atoms with Crippen molar-refractivity contribution in [3.8, 4) is 5.75 Å². The Labute approximate surface area is 128 Å². The van der Waals surface area contributed by atoms with Crippen molar-refractivity contribution in [1.82, 2.24) is 10.0 Å². The molecule has 20 heavy (non-hydrogen) atoms. The third kappa shape index (κ3) is 4.18. The number of ether oxygens (including phenoxy) is 1. The molecule has 1 aromatic carbocycles. The SMILES string of the molecule is COc1cc(Br)cc(S(=O)(=O)NCCC2CCNC2)c1. The van der Waals surface area contributed by atoms with Gasteiger partial charge in [0, 0.05) is 17.1 Å². The van der Waals surface area contributed by atoms with Gasteiger partial charge in [-0.2, -0.15) is 0 Å². The normalized spacial score (nSPS) is 19.2. The minimum Gasteiger partial charge on any atom is -0.497 e. The van der Waals surface area contributed by atoms with E-state index in [-0.39, 0.29) is 4.90 Å². The molecule has 7 heteroatoms. The van der Waals surface area contributed by atoms with Gasteiger partial charge in [0.05, 0.1) is 12.0 Å². The third-order valence-corrected chi connectivity index (χ3v) is 5.30. The van der Waals surface area contributed by atoms with Crippen LogP contribution in [0.4, 0.5) is 0 Å². The predicted octanol–water partition coefficient (Wildman–Crippen LogP) is 1.74.